The molecule has 0 heterocycles. The van der Waals surface area contributed by atoms with Crippen LogP contribution in [0.3, 0.4) is 0 Å². The number of carbonyl (C=O) groups is 2. The van der Waals surface area contributed by atoms with Gasteiger partial charge in [0.1, 0.15) is 11.5 Å². The Bertz CT molecular complexity index is 828. The summed E-state index contributed by atoms with van der Waals surface area (Å²) >= 11 is 14.7. The van der Waals surface area contributed by atoms with Crippen molar-refractivity contribution in [3.63, 3.8) is 0 Å². The molecule has 0 spiro atoms. The van der Waals surface area contributed by atoms with Gasteiger partial charge in [-0.25, -0.2) is 0 Å². The monoisotopic (exact) mass is 502 g/mol. The average Bonchev–Trinajstić information content (AvgIpc) is 2.73. The zero-order chi connectivity index (χ0) is 22.6. The summed E-state index contributed by atoms with van der Waals surface area (Å²) in [6, 6.07) is 9.90. The molecule has 0 aliphatic heterocycles. The van der Waals surface area contributed by atoms with E-state index in [2.05, 4.69) is 10.6 Å². The van der Waals surface area contributed by atoms with E-state index < -0.39 is 0 Å². The molecule has 0 aliphatic rings. The van der Waals surface area contributed by atoms with Crippen molar-refractivity contribution in [3.05, 3.63) is 46.4 Å². The number of phenols is 2. The van der Waals surface area contributed by atoms with Crippen molar-refractivity contribution < 1.29 is 19.8 Å². The van der Waals surface area contributed by atoms with E-state index in [0.29, 0.717) is 53.9 Å². The first-order valence-electron chi connectivity index (χ1n) is 9.61. The van der Waals surface area contributed by atoms with Crippen LogP contribution in [0.15, 0.2) is 46.2 Å². The molecule has 6 nitrogen and oxygen atoms in total. The van der Waals surface area contributed by atoms with Gasteiger partial charge in [0.05, 0.1) is 10.0 Å². The van der Waals surface area contributed by atoms with Gasteiger partial charge < -0.3 is 20.8 Å². The molecule has 168 valence electrons. The molecule has 0 aromatic heterocycles. The predicted octanol–water partition coefficient (Wildman–Crippen LogP) is 4.69. The molecule has 4 N–H and O–H groups in total. The Morgan fingerprint density at radius 2 is 1.19 bits per heavy atom. The van der Waals surface area contributed by atoms with Gasteiger partial charge in [-0.3, -0.25) is 9.59 Å². The second kappa shape index (κ2) is 13.6. The maximum absolute atomic E-state index is 11.9. The second-order valence-corrected chi connectivity index (χ2v) is 9.63. The summed E-state index contributed by atoms with van der Waals surface area (Å²) in [5, 5.41) is 25.0. The molecule has 2 amide bonds. The van der Waals surface area contributed by atoms with Gasteiger partial charge in [-0.1, -0.05) is 23.2 Å². The fourth-order valence-electron chi connectivity index (χ4n) is 2.40. The summed E-state index contributed by atoms with van der Waals surface area (Å²) in [5.41, 5.74) is 0. The maximum Gasteiger partial charge on any atom is 0.220 e. The molecule has 10 heteroatoms. The highest BCUT2D eigenvalue weighted by Gasteiger charge is 2.06. The number of phenolic OH excluding ortho intramolecular Hbond substituents is 2. The van der Waals surface area contributed by atoms with Crippen LogP contribution in [-0.4, -0.2) is 46.6 Å². The van der Waals surface area contributed by atoms with E-state index in [0.717, 1.165) is 9.79 Å². The molecule has 2 aromatic carbocycles. The molecule has 0 saturated heterocycles. The third-order valence-corrected chi connectivity index (χ3v) is 6.63. The summed E-state index contributed by atoms with van der Waals surface area (Å²) in [7, 11) is 0. The van der Waals surface area contributed by atoms with E-state index in [1.54, 1.807) is 24.3 Å². The Morgan fingerprint density at radius 3 is 1.58 bits per heavy atom. The summed E-state index contributed by atoms with van der Waals surface area (Å²) in [5.74, 6) is 1.19. The van der Waals surface area contributed by atoms with Crippen LogP contribution in [0.2, 0.25) is 10.0 Å². The van der Waals surface area contributed by atoms with Gasteiger partial charge in [-0.05, 0) is 42.8 Å². The molecular formula is C21H24Cl2N2O4S2. The van der Waals surface area contributed by atoms with Gasteiger partial charge in [-0.15, -0.1) is 23.5 Å². The number of carbonyl (C=O) groups excluding carboxylic acids is 2. The summed E-state index contributed by atoms with van der Waals surface area (Å²) in [4.78, 5) is 25.5. The molecule has 0 unspecified atom stereocenters. The first-order valence-corrected chi connectivity index (χ1v) is 12.3. The first kappa shape index (κ1) is 25.5. The van der Waals surface area contributed by atoms with Gasteiger partial charge >= 0.3 is 0 Å². The van der Waals surface area contributed by atoms with Crippen LogP contribution in [0.25, 0.3) is 0 Å². The molecule has 0 bridgehead atoms. The highest BCUT2D eigenvalue weighted by Crippen LogP contribution is 2.30. The van der Waals surface area contributed by atoms with Gasteiger partial charge in [0.25, 0.3) is 0 Å². The van der Waals surface area contributed by atoms with Gasteiger partial charge in [-0.2, -0.15) is 0 Å². The van der Waals surface area contributed by atoms with Crippen LogP contribution in [0.1, 0.15) is 19.3 Å². The fourth-order valence-corrected chi connectivity index (χ4v) is 4.67. The minimum atomic E-state index is -0.0485. The Kier molecular flexibility index (Phi) is 11.2. The molecule has 0 atom stereocenters. The Balaban J connectivity index is 1.49. The summed E-state index contributed by atoms with van der Waals surface area (Å²) < 4.78 is 0. The molecule has 0 radical (unpaired) electrons. The molecule has 2 aromatic rings. The maximum atomic E-state index is 11.9. The van der Waals surface area contributed by atoms with Crippen molar-refractivity contribution in [3.8, 4) is 11.5 Å². The van der Waals surface area contributed by atoms with Crippen LogP contribution in [0.4, 0.5) is 0 Å². The smallest absolute Gasteiger partial charge is 0.220 e. The minimum absolute atomic E-state index is 0.0388. The Labute approximate surface area is 200 Å². The van der Waals surface area contributed by atoms with Crippen molar-refractivity contribution >= 4 is 58.5 Å². The lowest BCUT2D eigenvalue weighted by atomic mass is 10.3. The summed E-state index contributed by atoms with van der Waals surface area (Å²) in [6.07, 6.45) is 1.39. The highest BCUT2D eigenvalue weighted by atomic mass is 35.5. The lowest BCUT2D eigenvalue weighted by Crippen LogP contribution is -2.30. The van der Waals surface area contributed by atoms with Crippen LogP contribution >= 0.6 is 46.7 Å². The Morgan fingerprint density at radius 1 is 0.774 bits per heavy atom. The molecule has 0 fully saturated rings. The zero-order valence-electron chi connectivity index (χ0n) is 16.7. The van der Waals surface area contributed by atoms with E-state index >= 15 is 0 Å². The van der Waals surface area contributed by atoms with Gasteiger partial charge in [0.2, 0.25) is 11.8 Å². The molecular weight excluding hydrogens is 479 g/mol. The third-order valence-electron chi connectivity index (χ3n) is 4.03. The highest BCUT2D eigenvalue weighted by molar-refractivity contribution is 7.99. The number of rotatable bonds is 12. The lowest BCUT2D eigenvalue weighted by molar-refractivity contribution is -0.121. The topological polar surface area (TPSA) is 98.7 Å². The van der Waals surface area contributed by atoms with Gasteiger partial charge in [0.15, 0.2) is 0 Å². The fraction of sp³-hybridized carbons (Fsp3) is 0.333. The normalized spacial score (nSPS) is 10.6. The van der Waals surface area contributed by atoms with Crippen molar-refractivity contribution in [1.29, 1.82) is 0 Å². The SMILES string of the molecule is O=C(CCSc1ccc(O)c(Cl)c1)NCCCNC(=O)CCSc1ccc(O)c(Cl)c1. The van der Waals surface area contributed by atoms with Crippen molar-refractivity contribution in [2.24, 2.45) is 0 Å². The number of nitrogens with one attached hydrogen (secondary N) is 2. The van der Waals surface area contributed by atoms with E-state index in [4.69, 9.17) is 23.2 Å². The number of halogens is 2. The van der Waals surface area contributed by atoms with E-state index in [-0.39, 0.29) is 23.3 Å². The number of hydrogen-bond donors (Lipinski definition) is 4. The lowest BCUT2D eigenvalue weighted by Gasteiger charge is -2.08. The molecule has 0 saturated carbocycles. The number of benzene rings is 2. The minimum Gasteiger partial charge on any atom is -0.506 e. The van der Waals surface area contributed by atoms with E-state index in [9.17, 15) is 19.8 Å². The number of thioether (sulfide) groups is 2. The average molecular weight is 503 g/mol. The van der Waals surface area contributed by atoms with Gasteiger partial charge in [0, 0.05) is 47.2 Å². The quantitative estimate of drug-likeness (QED) is 0.248. The van der Waals surface area contributed by atoms with Crippen LogP contribution in [0.5, 0.6) is 11.5 Å². The van der Waals surface area contributed by atoms with Crippen molar-refractivity contribution in [2.75, 3.05) is 24.6 Å². The van der Waals surface area contributed by atoms with Crippen LogP contribution < -0.4 is 10.6 Å². The first-order chi connectivity index (χ1) is 14.8. The number of aromatic hydroxyl groups is 2. The predicted molar refractivity (Wildman–Crippen MR) is 128 cm³/mol. The molecule has 0 aliphatic carbocycles. The van der Waals surface area contributed by atoms with Crippen molar-refractivity contribution in [1.82, 2.24) is 10.6 Å². The number of hydrogen-bond acceptors (Lipinski definition) is 6. The van der Waals surface area contributed by atoms with Crippen LogP contribution in [0, 0.1) is 0 Å². The third kappa shape index (κ3) is 9.95. The molecule has 2 rings (SSSR count). The largest absolute Gasteiger partial charge is 0.506 e. The summed E-state index contributed by atoms with van der Waals surface area (Å²) in [6.45, 7) is 0.991. The van der Waals surface area contributed by atoms with Crippen molar-refractivity contribution in [2.45, 2.75) is 29.1 Å². The standard InChI is InChI=1S/C21H24Cl2N2O4S2/c22-16-12-14(2-4-18(16)26)30-10-6-20(28)24-8-1-9-25-21(29)7-11-31-15-3-5-19(27)17(23)13-15/h2-5,12-13,26-27H,1,6-11H2,(H,24,28)(H,25,29). The number of amides is 2. The second-order valence-electron chi connectivity index (χ2n) is 6.48. The van der Waals surface area contributed by atoms with E-state index in [1.807, 2.05) is 0 Å². The van der Waals surface area contributed by atoms with E-state index in [1.165, 1.54) is 35.7 Å². The molecule has 31 heavy (non-hydrogen) atoms. The van der Waals surface area contributed by atoms with Crippen LogP contribution in [-0.2, 0) is 9.59 Å². The zero-order valence-corrected chi connectivity index (χ0v) is 19.8. The Hall–Kier alpha value is -1.74.